The van der Waals surface area contributed by atoms with Crippen LogP contribution in [0.15, 0.2) is 76.8 Å². The van der Waals surface area contributed by atoms with Crippen molar-refractivity contribution < 1.29 is 49.5 Å². The lowest BCUT2D eigenvalue weighted by molar-refractivity contribution is -0.138. The van der Waals surface area contributed by atoms with E-state index < -0.39 is 39.5 Å². The molecule has 41 heavy (non-hydrogen) atoms. The van der Waals surface area contributed by atoms with Gasteiger partial charge in [0.1, 0.15) is 12.3 Å². The van der Waals surface area contributed by atoms with E-state index in [1.807, 2.05) is 0 Å². The van der Waals surface area contributed by atoms with Crippen molar-refractivity contribution in [2.75, 3.05) is 20.2 Å². The van der Waals surface area contributed by atoms with Gasteiger partial charge >= 0.3 is 18.3 Å². The summed E-state index contributed by atoms with van der Waals surface area (Å²) in [6, 6.07) is 11.6. The Balaban J connectivity index is 1.82. The van der Waals surface area contributed by atoms with Crippen molar-refractivity contribution in [3.8, 4) is 0 Å². The standard InChI is InChI=1S/C27H24F6N2O5S/c1-17-3-12-23(15-20(17)16-24(36)37)41(38,39)35(2)13-14-40-34-25(18-4-8-21(9-5-18)26(28,29)30)19-6-10-22(11-7-19)27(31,32)33/h3-12,15H,13-14,16H2,1-2H3,(H,36,37). The number of hydrogen-bond donors (Lipinski definition) is 1. The van der Waals surface area contributed by atoms with E-state index in [0.29, 0.717) is 11.1 Å². The van der Waals surface area contributed by atoms with E-state index in [9.17, 15) is 39.6 Å². The summed E-state index contributed by atoms with van der Waals surface area (Å²) in [5.74, 6) is -1.13. The normalized spacial score (nSPS) is 12.3. The maximum absolute atomic E-state index is 13.0. The van der Waals surface area contributed by atoms with Crippen LogP contribution in [-0.4, -0.2) is 49.7 Å². The Kier molecular flexibility index (Phi) is 9.49. The summed E-state index contributed by atoms with van der Waals surface area (Å²) in [5.41, 5.74) is -0.799. The molecule has 3 rings (SSSR count). The summed E-state index contributed by atoms with van der Waals surface area (Å²) in [6.07, 6.45) is -9.58. The van der Waals surface area contributed by atoms with Crippen LogP contribution in [0.5, 0.6) is 0 Å². The highest BCUT2D eigenvalue weighted by Crippen LogP contribution is 2.31. The number of alkyl halides is 6. The van der Waals surface area contributed by atoms with Gasteiger partial charge < -0.3 is 9.94 Å². The van der Waals surface area contributed by atoms with Gasteiger partial charge in [0.05, 0.1) is 29.0 Å². The Morgan fingerprint density at radius 2 is 1.37 bits per heavy atom. The Bertz CT molecular complexity index is 1460. The number of oxime groups is 1. The van der Waals surface area contributed by atoms with Gasteiger partial charge in [-0.1, -0.05) is 35.5 Å². The van der Waals surface area contributed by atoms with E-state index in [1.165, 1.54) is 25.2 Å². The molecule has 1 N–H and O–H groups in total. The second kappa shape index (κ2) is 12.3. The fourth-order valence-electron chi connectivity index (χ4n) is 3.65. The summed E-state index contributed by atoms with van der Waals surface area (Å²) in [7, 11) is -2.80. The van der Waals surface area contributed by atoms with Gasteiger partial charge in [-0.3, -0.25) is 4.79 Å². The molecule has 0 aliphatic heterocycles. The number of aryl methyl sites for hydroxylation is 1. The van der Waals surface area contributed by atoms with Crippen LogP contribution in [-0.2, 0) is 38.4 Å². The van der Waals surface area contributed by atoms with E-state index in [-0.39, 0.29) is 41.3 Å². The number of nitrogens with zero attached hydrogens (tertiary/aromatic N) is 2. The molecule has 0 heterocycles. The molecule has 14 heteroatoms. The minimum Gasteiger partial charge on any atom is -0.481 e. The fraction of sp³-hybridized carbons (Fsp3) is 0.259. The van der Waals surface area contributed by atoms with Gasteiger partial charge in [0.25, 0.3) is 0 Å². The Labute approximate surface area is 231 Å². The summed E-state index contributed by atoms with van der Waals surface area (Å²) < 4.78 is 105. The molecule has 220 valence electrons. The summed E-state index contributed by atoms with van der Waals surface area (Å²) in [5, 5.41) is 13.0. The fourth-order valence-corrected chi connectivity index (χ4v) is 4.85. The van der Waals surface area contributed by atoms with Crippen molar-refractivity contribution in [1.82, 2.24) is 4.31 Å². The SMILES string of the molecule is Cc1ccc(S(=O)(=O)N(C)CCON=C(c2ccc(C(F)(F)F)cc2)c2ccc(C(F)(F)F)cc2)cc1CC(=O)O. The molecule has 0 radical (unpaired) electrons. The van der Waals surface area contributed by atoms with Crippen molar-refractivity contribution >= 4 is 21.7 Å². The van der Waals surface area contributed by atoms with Crippen LogP contribution in [0.3, 0.4) is 0 Å². The molecule has 0 fully saturated rings. The summed E-state index contributed by atoms with van der Waals surface area (Å²) >= 11 is 0. The number of rotatable bonds is 10. The lowest BCUT2D eigenvalue weighted by Gasteiger charge is -2.18. The van der Waals surface area contributed by atoms with Crippen LogP contribution in [0.1, 0.15) is 33.4 Å². The number of carboxylic acids is 1. The molecule has 0 bridgehead atoms. The van der Waals surface area contributed by atoms with Crippen molar-refractivity contribution in [3.63, 3.8) is 0 Å². The lowest BCUT2D eigenvalue weighted by Crippen LogP contribution is -2.30. The van der Waals surface area contributed by atoms with E-state index in [0.717, 1.165) is 52.8 Å². The van der Waals surface area contributed by atoms with Gasteiger partial charge in [-0.05, 0) is 54.4 Å². The lowest BCUT2D eigenvalue weighted by atomic mass is 10.00. The number of aliphatic carboxylic acids is 1. The Morgan fingerprint density at radius 1 is 0.878 bits per heavy atom. The van der Waals surface area contributed by atoms with Crippen molar-refractivity contribution in [3.05, 3.63) is 100 Å². The maximum atomic E-state index is 13.0. The van der Waals surface area contributed by atoms with Crippen LogP contribution >= 0.6 is 0 Å². The molecule has 3 aromatic rings. The largest absolute Gasteiger partial charge is 0.481 e. The number of benzene rings is 3. The summed E-state index contributed by atoms with van der Waals surface area (Å²) in [4.78, 5) is 16.2. The molecule has 0 saturated carbocycles. The van der Waals surface area contributed by atoms with Crippen LogP contribution in [0, 0.1) is 6.92 Å². The number of likely N-dealkylation sites (N-methyl/N-ethyl adjacent to an activating group) is 1. The molecule has 0 amide bonds. The van der Waals surface area contributed by atoms with Gasteiger partial charge in [-0.25, -0.2) is 8.42 Å². The maximum Gasteiger partial charge on any atom is 0.416 e. The third-order valence-corrected chi connectivity index (χ3v) is 7.85. The minimum atomic E-state index is -4.61. The molecular formula is C27H24F6N2O5S. The highest BCUT2D eigenvalue weighted by atomic mass is 32.2. The molecule has 0 saturated heterocycles. The molecule has 0 aliphatic carbocycles. The zero-order valence-electron chi connectivity index (χ0n) is 21.6. The molecule has 0 aliphatic rings. The van der Waals surface area contributed by atoms with Crippen molar-refractivity contribution in [2.24, 2.45) is 5.16 Å². The quantitative estimate of drug-likeness (QED) is 0.138. The summed E-state index contributed by atoms with van der Waals surface area (Å²) in [6.45, 7) is 1.09. The second-order valence-corrected chi connectivity index (χ2v) is 11.0. The molecule has 7 nitrogen and oxygen atoms in total. The van der Waals surface area contributed by atoms with Gasteiger partial charge in [0, 0.05) is 18.2 Å². The van der Waals surface area contributed by atoms with Crippen LogP contribution in [0.4, 0.5) is 26.3 Å². The van der Waals surface area contributed by atoms with E-state index in [1.54, 1.807) is 6.92 Å². The predicted octanol–water partition coefficient (Wildman–Crippen LogP) is 5.75. The molecule has 0 atom stereocenters. The zero-order chi connectivity index (χ0) is 30.6. The molecule has 0 unspecified atom stereocenters. The number of carbonyl (C=O) groups is 1. The highest BCUT2D eigenvalue weighted by Gasteiger charge is 2.31. The van der Waals surface area contributed by atoms with Gasteiger partial charge in [-0.2, -0.15) is 30.6 Å². The Hall–Kier alpha value is -3.91. The third kappa shape index (κ3) is 8.07. The van der Waals surface area contributed by atoms with Crippen molar-refractivity contribution in [1.29, 1.82) is 0 Å². The Morgan fingerprint density at radius 3 is 1.80 bits per heavy atom. The van der Waals surface area contributed by atoms with Crippen LogP contribution in [0.25, 0.3) is 0 Å². The molecule has 0 spiro atoms. The van der Waals surface area contributed by atoms with E-state index in [2.05, 4.69) is 5.16 Å². The number of sulfonamides is 1. The van der Waals surface area contributed by atoms with Gasteiger partial charge in [0.15, 0.2) is 0 Å². The average molecular weight is 603 g/mol. The molecular weight excluding hydrogens is 578 g/mol. The number of halogens is 6. The number of hydrogen-bond acceptors (Lipinski definition) is 5. The van der Waals surface area contributed by atoms with Crippen LogP contribution in [0.2, 0.25) is 0 Å². The molecule has 3 aromatic carbocycles. The molecule has 0 aromatic heterocycles. The topological polar surface area (TPSA) is 96.3 Å². The highest BCUT2D eigenvalue weighted by molar-refractivity contribution is 7.89. The monoisotopic (exact) mass is 602 g/mol. The van der Waals surface area contributed by atoms with Crippen LogP contribution < -0.4 is 0 Å². The smallest absolute Gasteiger partial charge is 0.416 e. The first-order valence-electron chi connectivity index (χ1n) is 11.8. The zero-order valence-corrected chi connectivity index (χ0v) is 22.4. The number of carboxylic acid groups (broad SMARTS) is 1. The predicted molar refractivity (Wildman–Crippen MR) is 137 cm³/mol. The first kappa shape index (κ1) is 31.6. The van der Waals surface area contributed by atoms with Crippen molar-refractivity contribution in [2.45, 2.75) is 30.6 Å². The van der Waals surface area contributed by atoms with Gasteiger partial charge in [0.2, 0.25) is 10.0 Å². The van der Waals surface area contributed by atoms with E-state index in [4.69, 9.17) is 9.94 Å². The van der Waals surface area contributed by atoms with Gasteiger partial charge in [-0.15, -0.1) is 0 Å². The van der Waals surface area contributed by atoms with E-state index >= 15 is 0 Å². The average Bonchev–Trinajstić information content (AvgIpc) is 2.88. The third-order valence-electron chi connectivity index (χ3n) is 6.00. The second-order valence-electron chi connectivity index (χ2n) is 8.91. The first-order valence-corrected chi connectivity index (χ1v) is 13.3. The minimum absolute atomic E-state index is 0.0743. The first-order chi connectivity index (χ1) is 19.0.